The van der Waals surface area contributed by atoms with Crippen molar-refractivity contribution in [1.29, 1.82) is 0 Å². The van der Waals surface area contributed by atoms with E-state index < -0.39 is 5.54 Å². The van der Waals surface area contributed by atoms with Gasteiger partial charge in [-0.1, -0.05) is 38.8 Å². The lowest BCUT2D eigenvalue weighted by Crippen LogP contribution is -2.48. The number of phenols is 1. The van der Waals surface area contributed by atoms with E-state index in [1.807, 2.05) is 20.8 Å². The van der Waals surface area contributed by atoms with E-state index in [-0.39, 0.29) is 22.0 Å². The smallest absolute Gasteiger partial charge is 0.255 e. The summed E-state index contributed by atoms with van der Waals surface area (Å²) in [6, 6.07) is 4.77. The van der Waals surface area contributed by atoms with Crippen molar-refractivity contribution in [3.8, 4) is 5.75 Å². The first kappa shape index (κ1) is 14.5. The molecule has 0 aliphatic carbocycles. The number of benzene rings is 1. The number of rotatable bonds is 3. The van der Waals surface area contributed by atoms with E-state index in [1.165, 1.54) is 6.07 Å². The molecule has 3 nitrogen and oxygen atoms in total. The molecule has 0 bridgehead atoms. The van der Waals surface area contributed by atoms with Crippen molar-refractivity contribution >= 4 is 37.8 Å². The van der Waals surface area contributed by atoms with E-state index in [2.05, 4.69) is 37.2 Å². The third kappa shape index (κ3) is 3.71. The number of carbonyl (C=O) groups excluding carboxylic acids is 1. The predicted molar refractivity (Wildman–Crippen MR) is 75.7 cm³/mol. The summed E-state index contributed by atoms with van der Waals surface area (Å²) < 4.78 is 0.755. The Hall–Kier alpha value is -0.550. The van der Waals surface area contributed by atoms with Gasteiger partial charge in [-0.3, -0.25) is 4.79 Å². The highest BCUT2D eigenvalue weighted by Crippen LogP contribution is 2.23. The van der Waals surface area contributed by atoms with Crippen LogP contribution in [0.15, 0.2) is 22.7 Å². The molecule has 1 aromatic carbocycles. The van der Waals surface area contributed by atoms with Crippen LogP contribution in [0.4, 0.5) is 0 Å². The minimum absolute atomic E-state index is 0.0243. The first-order valence-electron chi connectivity index (χ1n) is 5.19. The minimum atomic E-state index is -0.397. The molecule has 17 heavy (non-hydrogen) atoms. The molecule has 0 aromatic heterocycles. The number of halogens is 2. The first-order chi connectivity index (χ1) is 7.74. The molecule has 0 saturated heterocycles. The highest BCUT2D eigenvalue weighted by molar-refractivity contribution is 9.10. The minimum Gasteiger partial charge on any atom is -0.507 e. The van der Waals surface area contributed by atoms with E-state index in [0.717, 1.165) is 4.47 Å². The zero-order valence-corrected chi connectivity index (χ0v) is 13.1. The zero-order chi connectivity index (χ0) is 13.2. The number of hydrogen-bond acceptors (Lipinski definition) is 2. The molecule has 5 heteroatoms. The summed E-state index contributed by atoms with van der Waals surface area (Å²) in [7, 11) is 0. The van der Waals surface area contributed by atoms with Crippen LogP contribution in [-0.2, 0) is 0 Å². The van der Waals surface area contributed by atoms with Gasteiger partial charge in [-0.15, -0.1) is 0 Å². The third-order valence-electron chi connectivity index (χ3n) is 2.63. The Morgan fingerprint density at radius 1 is 1.47 bits per heavy atom. The van der Waals surface area contributed by atoms with Crippen LogP contribution in [0, 0.1) is 0 Å². The summed E-state index contributed by atoms with van der Waals surface area (Å²) in [6.07, 6.45) is 0. The largest absolute Gasteiger partial charge is 0.507 e. The van der Waals surface area contributed by atoms with Crippen molar-refractivity contribution in [2.24, 2.45) is 0 Å². The van der Waals surface area contributed by atoms with E-state index in [0.29, 0.717) is 0 Å². The topological polar surface area (TPSA) is 49.3 Å². The van der Waals surface area contributed by atoms with Crippen LogP contribution in [0.3, 0.4) is 0 Å². The Balaban J connectivity index is 2.94. The van der Waals surface area contributed by atoms with Crippen molar-refractivity contribution in [3.63, 3.8) is 0 Å². The number of carbonyl (C=O) groups is 1. The number of amides is 1. The molecular weight excluding hydrogens is 350 g/mol. The Morgan fingerprint density at radius 2 is 2.06 bits per heavy atom. The Labute approximate surface area is 118 Å². The molecule has 0 heterocycles. The van der Waals surface area contributed by atoms with E-state index in [1.54, 1.807) is 12.1 Å². The third-order valence-corrected chi connectivity index (χ3v) is 4.27. The molecule has 1 rings (SSSR count). The predicted octanol–water partition coefficient (Wildman–Crippen LogP) is 3.45. The van der Waals surface area contributed by atoms with Gasteiger partial charge in [0.1, 0.15) is 5.75 Å². The van der Waals surface area contributed by atoms with Gasteiger partial charge in [-0.25, -0.2) is 0 Å². The summed E-state index contributed by atoms with van der Waals surface area (Å²) in [5.74, 6) is -0.316. The number of nitrogens with one attached hydrogen (secondary N) is 1. The Morgan fingerprint density at radius 3 is 2.59 bits per heavy atom. The molecule has 1 amide bonds. The maximum Gasteiger partial charge on any atom is 0.255 e. The maximum atomic E-state index is 12.0. The lowest BCUT2D eigenvalue weighted by molar-refractivity contribution is 0.0911. The van der Waals surface area contributed by atoms with Crippen LogP contribution in [0.5, 0.6) is 5.75 Å². The van der Waals surface area contributed by atoms with Gasteiger partial charge in [0.2, 0.25) is 0 Å². The monoisotopic (exact) mass is 363 g/mol. The quantitative estimate of drug-likeness (QED) is 0.807. The fraction of sp³-hybridized carbons (Fsp3) is 0.417. The Kier molecular flexibility index (Phi) is 4.61. The molecule has 0 spiro atoms. The van der Waals surface area contributed by atoms with Crippen molar-refractivity contribution < 1.29 is 9.90 Å². The number of aromatic hydroxyl groups is 1. The second kappa shape index (κ2) is 5.40. The standard InChI is InChI=1S/C12H15Br2NO2/c1-7(13)12(2,3)15-11(17)9-6-8(14)4-5-10(9)16/h4-7,16H,1-3H3,(H,15,17). The van der Waals surface area contributed by atoms with Gasteiger partial charge < -0.3 is 10.4 Å². The molecule has 1 unspecified atom stereocenters. The molecular formula is C12H15Br2NO2. The van der Waals surface area contributed by atoms with Crippen LogP contribution >= 0.6 is 31.9 Å². The van der Waals surface area contributed by atoms with Gasteiger partial charge >= 0.3 is 0 Å². The van der Waals surface area contributed by atoms with Gasteiger partial charge in [0.15, 0.2) is 0 Å². The Bertz CT molecular complexity index is 431. The van der Waals surface area contributed by atoms with E-state index >= 15 is 0 Å². The van der Waals surface area contributed by atoms with Crippen molar-refractivity contribution in [1.82, 2.24) is 5.32 Å². The number of phenolic OH excluding ortho intramolecular Hbond substituents is 1. The lowest BCUT2D eigenvalue weighted by atomic mass is 10.0. The van der Waals surface area contributed by atoms with Crippen LogP contribution in [0.1, 0.15) is 31.1 Å². The molecule has 0 fully saturated rings. The van der Waals surface area contributed by atoms with Crippen molar-refractivity contribution in [2.45, 2.75) is 31.1 Å². The van der Waals surface area contributed by atoms with Gasteiger partial charge in [-0.05, 0) is 32.0 Å². The summed E-state index contributed by atoms with van der Waals surface area (Å²) in [5.41, 5.74) is -0.133. The van der Waals surface area contributed by atoms with Crippen molar-refractivity contribution in [2.75, 3.05) is 0 Å². The molecule has 0 saturated carbocycles. The summed E-state index contributed by atoms with van der Waals surface area (Å²) in [4.78, 5) is 12.1. The van der Waals surface area contributed by atoms with Crippen LogP contribution < -0.4 is 5.32 Å². The number of hydrogen-bond donors (Lipinski definition) is 2. The fourth-order valence-electron chi connectivity index (χ4n) is 1.15. The lowest BCUT2D eigenvalue weighted by Gasteiger charge is -2.29. The summed E-state index contributed by atoms with van der Waals surface area (Å²) in [5, 5.41) is 12.5. The first-order valence-corrected chi connectivity index (χ1v) is 6.90. The second-order valence-corrected chi connectivity index (χ2v) is 6.74. The molecule has 0 aliphatic rings. The van der Waals surface area contributed by atoms with Gasteiger partial charge in [0.25, 0.3) is 5.91 Å². The fourth-order valence-corrected chi connectivity index (χ4v) is 1.63. The normalized spacial score (nSPS) is 13.2. The SMILES string of the molecule is CC(Br)C(C)(C)NC(=O)c1cc(Br)ccc1O. The van der Waals surface area contributed by atoms with Crippen LogP contribution in [0.25, 0.3) is 0 Å². The van der Waals surface area contributed by atoms with E-state index in [4.69, 9.17) is 0 Å². The maximum absolute atomic E-state index is 12.0. The molecule has 0 aliphatic heterocycles. The van der Waals surface area contributed by atoms with Crippen molar-refractivity contribution in [3.05, 3.63) is 28.2 Å². The summed E-state index contributed by atoms with van der Waals surface area (Å²) in [6.45, 7) is 5.79. The molecule has 94 valence electrons. The van der Waals surface area contributed by atoms with Crippen LogP contribution in [0.2, 0.25) is 0 Å². The molecule has 0 radical (unpaired) electrons. The van der Waals surface area contributed by atoms with Gasteiger partial charge in [0.05, 0.1) is 5.56 Å². The highest BCUT2D eigenvalue weighted by atomic mass is 79.9. The molecule has 1 aromatic rings. The van der Waals surface area contributed by atoms with E-state index in [9.17, 15) is 9.90 Å². The molecule has 1 atom stereocenters. The van der Waals surface area contributed by atoms with Crippen LogP contribution in [-0.4, -0.2) is 21.4 Å². The summed E-state index contributed by atoms with van der Waals surface area (Å²) >= 11 is 6.72. The number of alkyl halides is 1. The highest BCUT2D eigenvalue weighted by Gasteiger charge is 2.27. The van der Waals surface area contributed by atoms with Gasteiger partial charge in [0, 0.05) is 14.8 Å². The second-order valence-electron chi connectivity index (χ2n) is 4.45. The zero-order valence-electron chi connectivity index (χ0n) is 9.92. The average Bonchev–Trinajstić information content (AvgIpc) is 2.20. The molecule has 2 N–H and O–H groups in total. The average molecular weight is 365 g/mol. The van der Waals surface area contributed by atoms with Gasteiger partial charge in [-0.2, -0.15) is 0 Å².